The predicted octanol–water partition coefficient (Wildman–Crippen LogP) is 3.87. The Kier molecular flexibility index (Phi) is 5.59. The summed E-state index contributed by atoms with van der Waals surface area (Å²) in [5.41, 5.74) is 3.92. The number of hydrogen-bond donors (Lipinski definition) is 1. The topological polar surface area (TPSA) is 71.6 Å². The summed E-state index contributed by atoms with van der Waals surface area (Å²) in [7, 11) is 1.59. The third kappa shape index (κ3) is 3.96. The van der Waals surface area contributed by atoms with Crippen LogP contribution in [-0.2, 0) is 16.1 Å². The minimum Gasteiger partial charge on any atom is -0.497 e. The number of nitrogens with one attached hydrogen (secondary N) is 1. The largest absolute Gasteiger partial charge is 0.497 e. The zero-order valence-corrected chi connectivity index (χ0v) is 17.5. The van der Waals surface area contributed by atoms with Crippen LogP contribution in [0.3, 0.4) is 0 Å². The zero-order valence-electron chi connectivity index (χ0n) is 17.5. The summed E-state index contributed by atoms with van der Waals surface area (Å²) >= 11 is 0. The number of rotatable bonds is 5. The molecule has 1 aliphatic heterocycles. The van der Waals surface area contributed by atoms with Gasteiger partial charge in [0.1, 0.15) is 11.9 Å². The summed E-state index contributed by atoms with van der Waals surface area (Å²) in [6, 6.07) is 13.3. The van der Waals surface area contributed by atoms with E-state index in [0.717, 1.165) is 28.6 Å². The first kappa shape index (κ1) is 20.2. The maximum atomic E-state index is 13.3. The monoisotopic (exact) mass is 406 g/mol. The van der Waals surface area contributed by atoms with Gasteiger partial charge in [-0.15, -0.1) is 0 Å². The number of pyridine rings is 1. The van der Waals surface area contributed by atoms with E-state index in [0.29, 0.717) is 29.9 Å². The van der Waals surface area contributed by atoms with Gasteiger partial charge in [-0.1, -0.05) is 17.7 Å². The lowest BCUT2D eigenvalue weighted by Gasteiger charge is -2.27. The van der Waals surface area contributed by atoms with Gasteiger partial charge in [0.25, 0.3) is 11.5 Å². The molecule has 4 rings (SSSR count). The second kappa shape index (κ2) is 8.32. The Morgan fingerprint density at radius 3 is 2.73 bits per heavy atom. The molecule has 6 nitrogen and oxygen atoms in total. The summed E-state index contributed by atoms with van der Waals surface area (Å²) in [5, 5.41) is 0.885. The molecule has 0 spiro atoms. The number of anilines is 1. The zero-order chi connectivity index (χ0) is 21.3. The molecule has 156 valence electrons. The number of carbonyl (C=O) groups excluding carboxylic acids is 1. The normalized spacial score (nSPS) is 16.0. The van der Waals surface area contributed by atoms with Crippen LogP contribution in [0.15, 0.2) is 47.3 Å². The molecule has 0 bridgehead atoms. The van der Waals surface area contributed by atoms with Gasteiger partial charge in [0.15, 0.2) is 0 Å². The van der Waals surface area contributed by atoms with Crippen molar-refractivity contribution in [3.8, 4) is 5.75 Å². The van der Waals surface area contributed by atoms with Crippen molar-refractivity contribution in [2.45, 2.75) is 39.3 Å². The highest BCUT2D eigenvalue weighted by atomic mass is 16.5. The fraction of sp³-hybridized carbons (Fsp3) is 0.333. The lowest BCUT2D eigenvalue weighted by atomic mass is 10.1. The minimum atomic E-state index is -0.463. The molecule has 2 heterocycles. The van der Waals surface area contributed by atoms with Crippen LogP contribution in [0.1, 0.15) is 29.5 Å². The SMILES string of the molecule is COc1ccc2cc(CN(C(=O)[C@H]3CCCO3)c3ccc(C)cc3C)c(=O)[nH]c2c1. The average Bonchev–Trinajstić information content (AvgIpc) is 3.27. The number of fused-ring (bicyclic) bond motifs is 1. The number of aryl methyl sites for hydroxylation is 2. The van der Waals surface area contributed by atoms with Crippen molar-refractivity contribution in [2.75, 3.05) is 18.6 Å². The second-order valence-corrected chi connectivity index (χ2v) is 7.79. The lowest BCUT2D eigenvalue weighted by molar-refractivity contribution is -0.127. The highest BCUT2D eigenvalue weighted by Crippen LogP contribution is 2.27. The van der Waals surface area contributed by atoms with Crippen molar-refractivity contribution in [1.82, 2.24) is 4.98 Å². The van der Waals surface area contributed by atoms with Gasteiger partial charge in [-0.3, -0.25) is 9.59 Å². The molecule has 0 radical (unpaired) electrons. The molecule has 2 aromatic carbocycles. The van der Waals surface area contributed by atoms with Gasteiger partial charge in [0, 0.05) is 23.9 Å². The van der Waals surface area contributed by atoms with Gasteiger partial charge in [-0.05, 0) is 61.9 Å². The Labute approximate surface area is 175 Å². The molecule has 1 atom stereocenters. The number of methoxy groups -OCH3 is 1. The summed E-state index contributed by atoms with van der Waals surface area (Å²) < 4.78 is 10.9. The van der Waals surface area contributed by atoms with Gasteiger partial charge < -0.3 is 19.4 Å². The van der Waals surface area contributed by atoms with E-state index in [-0.39, 0.29) is 18.0 Å². The number of nitrogens with zero attached hydrogens (tertiary/aromatic N) is 1. The van der Waals surface area contributed by atoms with Gasteiger partial charge in [-0.2, -0.15) is 0 Å². The van der Waals surface area contributed by atoms with E-state index in [2.05, 4.69) is 4.98 Å². The Bertz CT molecular complexity index is 1150. The van der Waals surface area contributed by atoms with E-state index >= 15 is 0 Å². The minimum absolute atomic E-state index is 0.103. The molecular weight excluding hydrogens is 380 g/mol. The van der Waals surface area contributed by atoms with Gasteiger partial charge >= 0.3 is 0 Å². The smallest absolute Gasteiger partial charge is 0.256 e. The first-order valence-electron chi connectivity index (χ1n) is 10.2. The van der Waals surface area contributed by atoms with Gasteiger partial charge in [0.2, 0.25) is 0 Å². The molecule has 1 fully saturated rings. The molecule has 3 aromatic rings. The van der Waals surface area contributed by atoms with Crippen LogP contribution in [0, 0.1) is 13.8 Å². The molecular formula is C24H26N2O4. The van der Waals surface area contributed by atoms with Crippen molar-refractivity contribution in [3.63, 3.8) is 0 Å². The third-order valence-electron chi connectivity index (χ3n) is 5.57. The van der Waals surface area contributed by atoms with E-state index in [4.69, 9.17) is 9.47 Å². The highest BCUT2D eigenvalue weighted by molar-refractivity contribution is 5.97. The van der Waals surface area contributed by atoms with E-state index in [1.807, 2.05) is 50.2 Å². The average molecular weight is 406 g/mol. The number of aromatic nitrogens is 1. The summed E-state index contributed by atoms with van der Waals surface area (Å²) in [6.07, 6.45) is 1.11. The summed E-state index contributed by atoms with van der Waals surface area (Å²) in [4.78, 5) is 30.7. The highest BCUT2D eigenvalue weighted by Gasteiger charge is 2.30. The molecule has 1 amide bonds. The number of amides is 1. The Hall–Kier alpha value is -3.12. The standard InChI is InChI=1S/C24H26N2O4/c1-15-6-9-21(16(2)11-15)26(24(28)22-5-4-10-30-22)14-18-12-17-7-8-19(29-3)13-20(17)25-23(18)27/h6-9,11-13,22H,4-5,10,14H2,1-3H3,(H,25,27)/t22-/m1/s1. The van der Waals surface area contributed by atoms with Crippen molar-refractivity contribution in [3.05, 3.63) is 69.5 Å². The maximum absolute atomic E-state index is 13.3. The summed E-state index contributed by atoms with van der Waals surface area (Å²) in [5.74, 6) is 0.574. The van der Waals surface area contributed by atoms with Crippen LogP contribution in [0.4, 0.5) is 5.69 Å². The molecule has 1 saturated heterocycles. The van der Waals surface area contributed by atoms with Crippen molar-refractivity contribution >= 4 is 22.5 Å². The fourth-order valence-corrected chi connectivity index (χ4v) is 3.98. The first-order valence-corrected chi connectivity index (χ1v) is 10.2. The Morgan fingerprint density at radius 2 is 2.03 bits per heavy atom. The van der Waals surface area contributed by atoms with E-state index in [1.165, 1.54) is 0 Å². The molecule has 1 N–H and O–H groups in total. The van der Waals surface area contributed by atoms with E-state index < -0.39 is 6.10 Å². The van der Waals surface area contributed by atoms with E-state index in [1.54, 1.807) is 18.1 Å². The van der Waals surface area contributed by atoms with Crippen LogP contribution in [0.5, 0.6) is 5.75 Å². The number of aromatic amines is 1. The van der Waals surface area contributed by atoms with Gasteiger partial charge in [-0.25, -0.2) is 0 Å². The molecule has 0 saturated carbocycles. The number of H-pyrrole nitrogens is 1. The lowest BCUT2D eigenvalue weighted by Crippen LogP contribution is -2.40. The fourth-order valence-electron chi connectivity index (χ4n) is 3.98. The van der Waals surface area contributed by atoms with Crippen molar-refractivity contribution in [1.29, 1.82) is 0 Å². The number of ether oxygens (including phenoxy) is 2. The molecule has 1 aliphatic rings. The van der Waals surface area contributed by atoms with Crippen LogP contribution in [0.25, 0.3) is 10.9 Å². The first-order chi connectivity index (χ1) is 14.5. The van der Waals surface area contributed by atoms with Crippen molar-refractivity contribution < 1.29 is 14.3 Å². The quantitative estimate of drug-likeness (QED) is 0.698. The van der Waals surface area contributed by atoms with Crippen molar-refractivity contribution in [2.24, 2.45) is 0 Å². The van der Waals surface area contributed by atoms with Crippen LogP contribution < -0.4 is 15.2 Å². The molecule has 6 heteroatoms. The predicted molar refractivity (Wildman–Crippen MR) is 117 cm³/mol. The Morgan fingerprint density at radius 1 is 1.20 bits per heavy atom. The molecule has 1 aromatic heterocycles. The Balaban J connectivity index is 1.75. The van der Waals surface area contributed by atoms with Gasteiger partial charge in [0.05, 0.1) is 19.2 Å². The summed E-state index contributed by atoms with van der Waals surface area (Å²) in [6.45, 7) is 4.77. The maximum Gasteiger partial charge on any atom is 0.256 e. The van der Waals surface area contributed by atoms with Crippen LogP contribution in [0.2, 0.25) is 0 Å². The molecule has 30 heavy (non-hydrogen) atoms. The number of carbonyl (C=O) groups is 1. The number of hydrogen-bond acceptors (Lipinski definition) is 4. The van der Waals surface area contributed by atoms with Crippen LogP contribution >= 0.6 is 0 Å². The number of benzene rings is 2. The molecule has 0 unspecified atom stereocenters. The van der Waals surface area contributed by atoms with Crippen LogP contribution in [-0.4, -0.2) is 30.7 Å². The van der Waals surface area contributed by atoms with E-state index in [9.17, 15) is 9.59 Å². The third-order valence-corrected chi connectivity index (χ3v) is 5.57. The molecule has 0 aliphatic carbocycles. The second-order valence-electron chi connectivity index (χ2n) is 7.79.